The van der Waals surface area contributed by atoms with Gasteiger partial charge in [0.1, 0.15) is 5.75 Å². The van der Waals surface area contributed by atoms with Gasteiger partial charge in [0.15, 0.2) is 0 Å². The van der Waals surface area contributed by atoms with Crippen LogP contribution in [0.2, 0.25) is 0 Å². The molecule has 0 aliphatic carbocycles. The molecule has 1 aromatic carbocycles. The molecule has 0 unspecified atom stereocenters. The van der Waals surface area contributed by atoms with Crippen molar-refractivity contribution in [2.24, 2.45) is 5.41 Å². The maximum atomic E-state index is 12.1. The van der Waals surface area contributed by atoms with Crippen LogP contribution in [0.4, 0.5) is 0 Å². The molecule has 0 radical (unpaired) electrons. The number of ether oxygens (including phenoxy) is 1. The Labute approximate surface area is 127 Å². The zero-order valence-corrected chi connectivity index (χ0v) is 13.3. The van der Waals surface area contributed by atoms with Crippen molar-refractivity contribution in [2.75, 3.05) is 19.8 Å². The van der Waals surface area contributed by atoms with Gasteiger partial charge in [-0.3, -0.25) is 4.79 Å². The first-order valence-electron chi connectivity index (χ1n) is 7.60. The van der Waals surface area contributed by atoms with E-state index in [1.807, 2.05) is 26.0 Å². The predicted molar refractivity (Wildman–Crippen MR) is 84.7 cm³/mol. The summed E-state index contributed by atoms with van der Waals surface area (Å²) >= 11 is 0. The van der Waals surface area contributed by atoms with Crippen LogP contribution in [0.1, 0.15) is 50.4 Å². The molecule has 0 atom stereocenters. The van der Waals surface area contributed by atoms with Crippen molar-refractivity contribution in [3.8, 4) is 5.75 Å². The molecular weight excluding hydrogens is 266 g/mol. The zero-order valence-electron chi connectivity index (χ0n) is 13.3. The second kappa shape index (κ2) is 8.67. The molecule has 0 heterocycles. The lowest BCUT2D eigenvalue weighted by molar-refractivity contribution is 0.0928. The molecule has 1 rings (SSSR count). The lowest BCUT2D eigenvalue weighted by Gasteiger charge is -2.23. The summed E-state index contributed by atoms with van der Waals surface area (Å²) in [5, 5.41) is 11.9. The maximum absolute atomic E-state index is 12.1. The van der Waals surface area contributed by atoms with E-state index in [9.17, 15) is 4.79 Å². The van der Waals surface area contributed by atoms with Crippen LogP contribution >= 0.6 is 0 Å². The van der Waals surface area contributed by atoms with Crippen LogP contribution in [-0.4, -0.2) is 30.8 Å². The molecular formula is C17H27NO3. The van der Waals surface area contributed by atoms with E-state index in [4.69, 9.17) is 9.84 Å². The summed E-state index contributed by atoms with van der Waals surface area (Å²) < 4.78 is 5.57. The standard InChI is InChI=1S/C17H27NO3/c1-4-5-12-21-15-8-6-14(7-9-15)16(20)18-13-17(2,3)10-11-19/h6-9,19H,4-5,10-13H2,1-3H3,(H,18,20). The Kier molecular flexibility index (Phi) is 7.23. The van der Waals surface area contributed by atoms with E-state index < -0.39 is 0 Å². The molecule has 21 heavy (non-hydrogen) atoms. The third-order valence-corrected chi connectivity index (χ3v) is 3.40. The monoisotopic (exact) mass is 293 g/mol. The van der Waals surface area contributed by atoms with E-state index in [0.717, 1.165) is 18.6 Å². The fraction of sp³-hybridized carbons (Fsp3) is 0.588. The first-order chi connectivity index (χ1) is 9.98. The summed E-state index contributed by atoms with van der Waals surface area (Å²) in [6.45, 7) is 7.54. The third-order valence-electron chi connectivity index (χ3n) is 3.40. The summed E-state index contributed by atoms with van der Waals surface area (Å²) in [5.74, 6) is 0.696. The molecule has 0 aromatic heterocycles. The SMILES string of the molecule is CCCCOc1ccc(C(=O)NCC(C)(C)CCO)cc1. The fourth-order valence-electron chi connectivity index (χ4n) is 1.85. The lowest BCUT2D eigenvalue weighted by atomic mass is 9.89. The third kappa shape index (κ3) is 6.63. The van der Waals surface area contributed by atoms with E-state index in [1.165, 1.54) is 0 Å². The molecule has 118 valence electrons. The van der Waals surface area contributed by atoms with Gasteiger partial charge in [-0.25, -0.2) is 0 Å². The van der Waals surface area contributed by atoms with Crippen molar-refractivity contribution < 1.29 is 14.6 Å². The van der Waals surface area contributed by atoms with Crippen LogP contribution in [0.5, 0.6) is 5.75 Å². The van der Waals surface area contributed by atoms with E-state index in [1.54, 1.807) is 12.1 Å². The average molecular weight is 293 g/mol. The maximum Gasteiger partial charge on any atom is 0.251 e. The molecule has 0 aliphatic rings. The van der Waals surface area contributed by atoms with Gasteiger partial charge in [-0.05, 0) is 42.5 Å². The van der Waals surface area contributed by atoms with E-state index in [2.05, 4.69) is 12.2 Å². The van der Waals surface area contributed by atoms with Gasteiger partial charge in [0.05, 0.1) is 6.61 Å². The fourth-order valence-corrected chi connectivity index (χ4v) is 1.85. The van der Waals surface area contributed by atoms with Gasteiger partial charge in [0.2, 0.25) is 0 Å². The van der Waals surface area contributed by atoms with E-state index in [-0.39, 0.29) is 17.9 Å². The Morgan fingerprint density at radius 2 is 1.95 bits per heavy atom. The molecule has 0 saturated heterocycles. The number of amides is 1. The highest BCUT2D eigenvalue weighted by molar-refractivity contribution is 5.94. The molecule has 4 heteroatoms. The van der Waals surface area contributed by atoms with Crippen molar-refractivity contribution in [3.63, 3.8) is 0 Å². The Morgan fingerprint density at radius 3 is 2.52 bits per heavy atom. The molecule has 2 N–H and O–H groups in total. The van der Waals surface area contributed by atoms with Gasteiger partial charge in [-0.15, -0.1) is 0 Å². The Bertz CT molecular complexity index is 426. The molecule has 1 aromatic rings. The van der Waals surface area contributed by atoms with Crippen LogP contribution in [0.3, 0.4) is 0 Å². The van der Waals surface area contributed by atoms with Crippen molar-refractivity contribution in [1.29, 1.82) is 0 Å². The van der Waals surface area contributed by atoms with Gasteiger partial charge in [-0.2, -0.15) is 0 Å². The van der Waals surface area contributed by atoms with Crippen molar-refractivity contribution in [1.82, 2.24) is 5.32 Å². The normalized spacial score (nSPS) is 11.2. The number of carbonyl (C=O) groups excluding carboxylic acids is 1. The van der Waals surface area contributed by atoms with Crippen molar-refractivity contribution in [3.05, 3.63) is 29.8 Å². The van der Waals surface area contributed by atoms with Crippen LogP contribution in [0.25, 0.3) is 0 Å². The highest BCUT2D eigenvalue weighted by Crippen LogP contribution is 2.18. The van der Waals surface area contributed by atoms with Gasteiger partial charge in [0, 0.05) is 18.7 Å². The number of benzene rings is 1. The first-order valence-corrected chi connectivity index (χ1v) is 7.60. The number of hydrogen-bond acceptors (Lipinski definition) is 3. The van der Waals surface area contributed by atoms with Gasteiger partial charge >= 0.3 is 0 Å². The Balaban J connectivity index is 2.47. The second-order valence-corrected chi connectivity index (χ2v) is 6.05. The Morgan fingerprint density at radius 1 is 1.29 bits per heavy atom. The van der Waals surface area contributed by atoms with Crippen LogP contribution in [0.15, 0.2) is 24.3 Å². The van der Waals surface area contributed by atoms with Crippen LogP contribution in [0, 0.1) is 5.41 Å². The number of carbonyl (C=O) groups is 1. The van der Waals surface area contributed by atoms with Crippen LogP contribution in [-0.2, 0) is 0 Å². The molecule has 0 aliphatic heterocycles. The molecule has 0 saturated carbocycles. The Hall–Kier alpha value is -1.55. The van der Waals surface area contributed by atoms with Crippen molar-refractivity contribution >= 4 is 5.91 Å². The highest BCUT2D eigenvalue weighted by Gasteiger charge is 2.18. The number of aliphatic hydroxyl groups is 1. The lowest BCUT2D eigenvalue weighted by Crippen LogP contribution is -2.34. The van der Waals surface area contributed by atoms with Gasteiger partial charge in [0.25, 0.3) is 5.91 Å². The topological polar surface area (TPSA) is 58.6 Å². The smallest absolute Gasteiger partial charge is 0.251 e. The summed E-state index contributed by atoms with van der Waals surface area (Å²) in [5.41, 5.74) is 0.519. The summed E-state index contributed by atoms with van der Waals surface area (Å²) in [4.78, 5) is 12.1. The number of unbranched alkanes of at least 4 members (excludes halogenated alkanes) is 1. The number of rotatable bonds is 9. The summed E-state index contributed by atoms with van der Waals surface area (Å²) in [6.07, 6.45) is 2.80. The molecule has 0 spiro atoms. The molecule has 0 fully saturated rings. The minimum absolute atomic E-state index is 0.0962. The quantitative estimate of drug-likeness (QED) is 0.688. The number of aliphatic hydroxyl groups excluding tert-OH is 1. The minimum Gasteiger partial charge on any atom is -0.494 e. The number of nitrogens with one attached hydrogen (secondary N) is 1. The largest absolute Gasteiger partial charge is 0.494 e. The van der Waals surface area contributed by atoms with Gasteiger partial charge < -0.3 is 15.2 Å². The molecule has 1 amide bonds. The minimum atomic E-state index is -0.104. The van der Waals surface area contributed by atoms with Crippen LogP contribution < -0.4 is 10.1 Å². The van der Waals surface area contributed by atoms with E-state index in [0.29, 0.717) is 25.1 Å². The zero-order chi connectivity index (χ0) is 15.7. The average Bonchev–Trinajstić information content (AvgIpc) is 2.46. The second-order valence-electron chi connectivity index (χ2n) is 6.05. The highest BCUT2D eigenvalue weighted by atomic mass is 16.5. The first kappa shape index (κ1) is 17.5. The molecule has 4 nitrogen and oxygen atoms in total. The van der Waals surface area contributed by atoms with E-state index >= 15 is 0 Å². The summed E-state index contributed by atoms with van der Waals surface area (Å²) in [7, 11) is 0. The van der Waals surface area contributed by atoms with Crippen molar-refractivity contribution in [2.45, 2.75) is 40.0 Å². The molecule has 0 bridgehead atoms. The summed E-state index contributed by atoms with van der Waals surface area (Å²) in [6, 6.07) is 7.19. The number of hydrogen-bond donors (Lipinski definition) is 2. The predicted octanol–water partition coefficient (Wildman–Crippen LogP) is 3.00. The van der Waals surface area contributed by atoms with Gasteiger partial charge in [-0.1, -0.05) is 27.2 Å².